The molecule has 1 aliphatic rings. The van der Waals surface area contributed by atoms with Gasteiger partial charge in [-0.05, 0) is 44.0 Å². The predicted molar refractivity (Wildman–Crippen MR) is 92.1 cm³/mol. The molecule has 2 aromatic rings. The summed E-state index contributed by atoms with van der Waals surface area (Å²) in [5.41, 5.74) is 1.19. The Kier molecular flexibility index (Phi) is 5.17. The zero-order valence-electron chi connectivity index (χ0n) is 13.0. The number of non-ortho nitro benzene ring substituents is 1. The molecule has 3 rings (SSSR count). The number of nitro benzene ring substituents is 1. The van der Waals surface area contributed by atoms with Crippen molar-refractivity contribution in [3.05, 3.63) is 45.5 Å². The number of nitro groups is 1. The Bertz CT molecular complexity index is 723. The molecule has 8 heteroatoms. The van der Waals surface area contributed by atoms with Crippen molar-refractivity contribution in [2.45, 2.75) is 12.8 Å². The number of benzene rings is 1. The van der Waals surface area contributed by atoms with Crippen molar-refractivity contribution < 1.29 is 9.72 Å². The van der Waals surface area contributed by atoms with Gasteiger partial charge in [-0.2, -0.15) is 0 Å². The van der Waals surface area contributed by atoms with Gasteiger partial charge in [0.15, 0.2) is 0 Å². The first-order valence-electron chi connectivity index (χ1n) is 7.83. The molecule has 1 aliphatic heterocycles. The Morgan fingerprint density at radius 3 is 2.88 bits per heavy atom. The number of carbonyl (C=O) groups excluding carboxylic acids is 1. The van der Waals surface area contributed by atoms with Crippen molar-refractivity contribution in [2.75, 3.05) is 19.6 Å². The lowest BCUT2D eigenvalue weighted by molar-refractivity contribution is -0.384. The Balaban J connectivity index is 1.61. The lowest BCUT2D eigenvalue weighted by atomic mass is 10.00. The van der Waals surface area contributed by atoms with Gasteiger partial charge in [0.1, 0.15) is 10.7 Å². The summed E-state index contributed by atoms with van der Waals surface area (Å²) in [6.07, 6.45) is 2.26. The van der Waals surface area contributed by atoms with Crippen LogP contribution in [-0.2, 0) is 0 Å². The van der Waals surface area contributed by atoms with Gasteiger partial charge >= 0.3 is 0 Å². The molecule has 2 N–H and O–H groups in total. The van der Waals surface area contributed by atoms with Crippen molar-refractivity contribution in [3.8, 4) is 10.6 Å². The van der Waals surface area contributed by atoms with E-state index in [0.29, 0.717) is 23.2 Å². The summed E-state index contributed by atoms with van der Waals surface area (Å²) in [6.45, 7) is 2.64. The maximum absolute atomic E-state index is 12.2. The molecule has 1 aromatic heterocycles. The summed E-state index contributed by atoms with van der Waals surface area (Å²) in [4.78, 5) is 26.8. The molecule has 0 spiro atoms. The average molecular weight is 346 g/mol. The van der Waals surface area contributed by atoms with Crippen LogP contribution in [0.2, 0.25) is 0 Å². The molecule has 0 aliphatic carbocycles. The maximum Gasteiger partial charge on any atom is 0.270 e. The molecule has 0 radical (unpaired) electrons. The first kappa shape index (κ1) is 16.5. The molecule has 1 amide bonds. The third-order valence-corrected chi connectivity index (χ3v) is 4.90. The third kappa shape index (κ3) is 3.95. The molecule has 2 heterocycles. The lowest BCUT2D eigenvalue weighted by Crippen LogP contribution is -2.38. The highest BCUT2D eigenvalue weighted by atomic mass is 32.1. The fourth-order valence-electron chi connectivity index (χ4n) is 2.66. The van der Waals surface area contributed by atoms with Crippen molar-refractivity contribution in [1.29, 1.82) is 0 Å². The molecule has 7 nitrogen and oxygen atoms in total. The lowest BCUT2D eigenvalue weighted by Gasteiger charge is -2.22. The Hall–Kier alpha value is -2.32. The standard InChI is InChI=1S/C16H18N4O3S/c21-15(18-9-11-2-1-7-17-8-11)14-10-24-16(19-14)12-3-5-13(6-4-12)20(22)23/h3-6,10-11,17H,1-2,7-9H2,(H,18,21). The molecular formula is C16H18N4O3S. The number of thiazole rings is 1. The van der Waals surface area contributed by atoms with E-state index in [0.717, 1.165) is 31.5 Å². The molecule has 1 atom stereocenters. The summed E-state index contributed by atoms with van der Waals surface area (Å²) < 4.78 is 0. The van der Waals surface area contributed by atoms with Gasteiger partial charge in [-0.3, -0.25) is 14.9 Å². The van der Waals surface area contributed by atoms with Crippen molar-refractivity contribution in [1.82, 2.24) is 15.6 Å². The minimum absolute atomic E-state index is 0.0364. The smallest absolute Gasteiger partial charge is 0.270 e. The van der Waals surface area contributed by atoms with E-state index in [1.807, 2.05) is 0 Å². The van der Waals surface area contributed by atoms with Gasteiger partial charge in [0, 0.05) is 29.6 Å². The molecule has 126 valence electrons. The van der Waals surface area contributed by atoms with Gasteiger partial charge in [-0.1, -0.05) is 0 Å². The first-order chi connectivity index (χ1) is 11.6. The van der Waals surface area contributed by atoms with Crippen molar-refractivity contribution in [3.63, 3.8) is 0 Å². The van der Waals surface area contributed by atoms with Crippen molar-refractivity contribution >= 4 is 22.9 Å². The number of nitrogens with one attached hydrogen (secondary N) is 2. The van der Waals surface area contributed by atoms with E-state index in [4.69, 9.17) is 0 Å². The van der Waals surface area contributed by atoms with E-state index in [2.05, 4.69) is 15.6 Å². The highest BCUT2D eigenvalue weighted by Gasteiger charge is 2.16. The van der Waals surface area contributed by atoms with Gasteiger partial charge in [0.2, 0.25) is 0 Å². The highest BCUT2D eigenvalue weighted by Crippen LogP contribution is 2.25. The van der Waals surface area contributed by atoms with Crippen LogP contribution < -0.4 is 10.6 Å². The number of hydrogen-bond acceptors (Lipinski definition) is 6. The topological polar surface area (TPSA) is 97.2 Å². The SMILES string of the molecule is O=C(NCC1CCCNC1)c1csc(-c2ccc([N+](=O)[O-])cc2)n1. The molecule has 1 aromatic carbocycles. The van der Waals surface area contributed by atoms with Crippen LogP contribution in [0.1, 0.15) is 23.3 Å². The monoisotopic (exact) mass is 346 g/mol. The second-order valence-corrected chi connectivity index (χ2v) is 6.62. The van der Waals surface area contributed by atoms with Crippen LogP contribution in [0.25, 0.3) is 10.6 Å². The van der Waals surface area contributed by atoms with Gasteiger partial charge in [-0.25, -0.2) is 4.98 Å². The molecule has 1 unspecified atom stereocenters. The molecule has 0 bridgehead atoms. The zero-order valence-corrected chi connectivity index (χ0v) is 13.8. The Morgan fingerprint density at radius 1 is 1.42 bits per heavy atom. The van der Waals surface area contributed by atoms with Crippen LogP contribution in [-0.4, -0.2) is 35.4 Å². The van der Waals surface area contributed by atoms with Gasteiger partial charge in [0.25, 0.3) is 11.6 Å². The van der Waals surface area contributed by atoms with Crippen LogP contribution in [0.5, 0.6) is 0 Å². The van der Waals surface area contributed by atoms with Gasteiger partial charge in [-0.15, -0.1) is 11.3 Å². The summed E-state index contributed by atoms with van der Waals surface area (Å²) in [5, 5.41) is 19.3. The van der Waals surface area contributed by atoms with E-state index in [1.165, 1.54) is 23.5 Å². The van der Waals surface area contributed by atoms with E-state index in [9.17, 15) is 14.9 Å². The number of carbonyl (C=O) groups is 1. The fraction of sp³-hybridized carbons (Fsp3) is 0.375. The number of piperidine rings is 1. The molecule has 0 saturated carbocycles. The van der Waals surface area contributed by atoms with Crippen LogP contribution in [0.15, 0.2) is 29.6 Å². The summed E-state index contributed by atoms with van der Waals surface area (Å²) >= 11 is 1.35. The average Bonchev–Trinajstić information content (AvgIpc) is 3.11. The summed E-state index contributed by atoms with van der Waals surface area (Å²) in [7, 11) is 0. The summed E-state index contributed by atoms with van der Waals surface area (Å²) in [5.74, 6) is 0.292. The highest BCUT2D eigenvalue weighted by molar-refractivity contribution is 7.13. The van der Waals surface area contributed by atoms with E-state index in [-0.39, 0.29) is 11.6 Å². The first-order valence-corrected chi connectivity index (χ1v) is 8.71. The van der Waals surface area contributed by atoms with Crippen LogP contribution in [0.3, 0.4) is 0 Å². The predicted octanol–water partition coefficient (Wildman–Crippen LogP) is 2.45. The molecule has 1 saturated heterocycles. The van der Waals surface area contributed by atoms with E-state index >= 15 is 0 Å². The van der Waals surface area contributed by atoms with Crippen LogP contribution in [0, 0.1) is 16.0 Å². The summed E-state index contributed by atoms with van der Waals surface area (Å²) in [6, 6.07) is 6.16. The van der Waals surface area contributed by atoms with Crippen LogP contribution >= 0.6 is 11.3 Å². The zero-order chi connectivity index (χ0) is 16.9. The van der Waals surface area contributed by atoms with Crippen molar-refractivity contribution in [2.24, 2.45) is 5.92 Å². The molecule has 1 fully saturated rings. The fourth-order valence-corrected chi connectivity index (χ4v) is 3.47. The number of amides is 1. The normalized spacial score (nSPS) is 17.4. The van der Waals surface area contributed by atoms with E-state index < -0.39 is 4.92 Å². The Morgan fingerprint density at radius 2 is 2.21 bits per heavy atom. The van der Waals surface area contributed by atoms with Gasteiger partial charge in [0.05, 0.1) is 4.92 Å². The van der Waals surface area contributed by atoms with Crippen LogP contribution in [0.4, 0.5) is 5.69 Å². The maximum atomic E-state index is 12.2. The second kappa shape index (κ2) is 7.50. The third-order valence-electron chi connectivity index (χ3n) is 4.01. The quantitative estimate of drug-likeness (QED) is 0.640. The molecular weight excluding hydrogens is 328 g/mol. The number of rotatable bonds is 5. The largest absolute Gasteiger partial charge is 0.350 e. The van der Waals surface area contributed by atoms with Gasteiger partial charge < -0.3 is 10.6 Å². The van der Waals surface area contributed by atoms with E-state index in [1.54, 1.807) is 17.5 Å². The molecule has 24 heavy (non-hydrogen) atoms. The minimum atomic E-state index is -0.440. The second-order valence-electron chi connectivity index (χ2n) is 5.76. The number of hydrogen-bond donors (Lipinski definition) is 2. The minimum Gasteiger partial charge on any atom is -0.350 e. The number of nitrogens with zero attached hydrogens (tertiary/aromatic N) is 2. The Labute approximate surface area is 143 Å². The number of aromatic nitrogens is 1.